The van der Waals surface area contributed by atoms with E-state index in [2.05, 4.69) is 0 Å². The van der Waals surface area contributed by atoms with E-state index in [1.807, 2.05) is 0 Å². The van der Waals surface area contributed by atoms with Crippen LogP contribution in [-0.4, -0.2) is 10.3 Å². The van der Waals surface area contributed by atoms with E-state index in [0.29, 0.717) is 23.7 Å². The highest BCUT2D eigenvalue weighted by molar-refractivity contribution is 6.51. The summed E-state index contributed by atoms with van der Waals surface area (Å²) < 4.78 is -0.506. The molecule has 0 bridgehead atoms. The van der Waals surface area contributed by atoms with Crippen molar-refractivity contribution in [3.05, 3.63) is 0 Å². The third kappa shape index (κ3) is 1.41. The van der Waals surface area contributed by atoms with Crippen LogP contribution in [0.2, 0.25) is 0 Å². The average Bonchev–Trinajstić information content (AvgIpc) is 2.88. The fraction of sp³-hybridized carbons (Fsp3) is 0.909. The number of fused-ring (bicyclic) bond motifs is 2. The van der Waals surface area contributed by atoms with Crippen molar-refractivity contribution >= 4 is 29.2 Å². The topological polar surface area (TPSA) is 40.1 Å². The number of carboxylic acids is 1. The minimum atomic E-state index is -0.858. The Balaban J connectivity index is 1.67. The Morgan fingerprint density at radius 3 is 1.93 bits per heavy atom. The van der Waals surface area contributed by atoms with Gasteiger partial charge in [-0.3, -0.25) is 0 Å². The molecular weight excluding hydrogens is 235 g/mol. The second kappa shape index (κ2) is 3.04. The van der Waals surface area contributed by atoms with Gasteiger partial charge in [-0.05, 0) is 49.4 Å². The second-order valence-electron chi connectivity index (χ2n) is 5.21. The highest BCUT2D eigenvalue weighted by Crippen LogP contribution is 2.67. The van der Waals surface area contributed by atoms with Crippen LogP contribution in [0.15, 0.2) is 0 Å². The van der Waals surface area contributed by atoms with Gasteiger partial charge in [-0.15, -0.1) is 23.2 Å². The Hall–Kier alpha value is 0.0500. The molecule has 0 aromatic heterocycles. The summed E-state index contributed by atoms with van der Waals surface area (Å²) in [4.78, 5) is 10.8. The number of hydrogen-bond acceptors (Lipinski definition) is 2. The molecule has 0 aromatic carbocycles. The van der Waals surface area contributed by atoms with Crippen LogP contribution in [0.1, 0.15) is 25.7 Å². The van der Waals surface area contributed by atoms with Crippen molar-refractivity contribution in [3.8, 4) is 0 Å². The monoisotopic (exact) mass is 247 g/mol. The van der Waals surface area contributed by atoms with Crippen LogP contribution in [0.4, 0.5) is 0 Å². The summed E-state index contributed by atoms with van der Waals surface area (Å²) in [6, 6.07) is 0. The normalized spacial score (nSPS) is 50.7. The molecule has 15 heavy (non-hydrogen) atoms. The standard InChI is InChI=1S/C11H14Cl2O2/c12-11(13)7-3-1-5-6(2-4-8(7)11)9(5)10(14)15/h5-9H,1-4H2,(H,14,15)/p-1. The summed E-state index contributed by atoms with van der Waals surface area (Å²) >= 11 is 12.3. The molecule has 3 saturated carbocycles. The highest BCUT2D eigenvalue weighted by Gasteiger charge is 2.64. The number of aliphatic carboxylic acids is 1. The summed E-state index contributed by atoms with van der Waals surface area (Å²) in [5, 5.41) is 10.8. The van der Waals surface area contributed by atoms with Gasteiger partial charge in [0.05, 0.1) is 0 Å². The molecule has 84 valence electrons. The zero-order chi connectivity index (χ0) is 10.8. The van der Waals surface area contributed by atoms with Gasteiger partial charge in [-0.1, -0.05) is 0 Å². The number of halogens is 2. The molecule has 0 radical (unpaired) electrons. The van der Waals surface area contributed by atoms with E-state index in [1.54, 1.807) is 0 Å². The Labute approximate surface area is 98.9 Å². The first kappa shape index (κ1) is 10.2. The molecule has 0 N–H and O–H groups in total. The van der Waals surface area contributed by atoms with Gasteiger partial charge in [0.2, 0.25) is 0 Å². The lowest BCUT2D eigenvalue weighted by atomic mass is 10.0. The number of rotatable bonds is 1. The second-order valence-corrected chi connectivity index (χ2v) is 6.66. The molecule has 3 fully saturated rings. The van der Waals surface area contributed by atoms with Gasteiger partial charge in [0.1, 0.15) is 4.33 Å². The van der Waals surface area contributed by atoms with Gasteiger partial charge >= 0.3 is 0 Å². The van der Waals surface area contributed by atoms with E-state index in [1.165, 1.54) is 0 Å². The van der Waals surface area contributed by atoms with Crippen molar-refractivity contribution in [2.75, 3.05) is 0 Å². The van der Waals surface area contributed by atoms with E-state index >= 15 is 0 Å². The minimum absolute atomic E-state index is 0.178. The SMILES string of the molecule is O=C([O-])C1C2CCC3C(CCC21)C3(Cl)Cl. The summed E-state index contributed by atoms with van der Waals surface area (Å²) in [6.07, 6.45) is 3.91. The number of carbonyl (C=O) groups is 1. The smallest absolute Gasteiger partial charge is 0.124 e. The van der Waals surface area contributed by atoms with E-state index in [0.717, 1.165) is 25.7 Å². The van der Waals surface area contributed by atoms with Gasteiger partial charge in [0, 0.05) is 11.9 Å². The lowest BCUT2D eigenvalue weighted by Gasteiger charge is -2.03. The van der Waals surface area contributed by atoms with Crippen LogP contribution in [0.25, 0.3) is 0 Å². The maximum atomic E-state index is 10.8. The van der Waals surface area contributed by atoms with Crippen molar-refractivity contribution in [2.24, 2.45) is 29.6 Å². The van der Waals surface area contributed by atoms with E-state index in [4.69, 9.17) is 23.2 Å². The third-order valence-electron chi connectivity index (χ3n) is 4.59. The summed E-state index contributed by atoms with van der Waals surface area (Å²) in [5.74, 6) is 0.474. The van der Waals surface area contributed by atoms with Crippen LogP contribution in [-0.2, 0) is 4.79 Å². The Morgan fingerprint density at radius 1 is 1.07 bits per heavy atom. The molecule has 2 nitrogen and oxygen atoms in total. The van der Waals surface area contributed by atoms with Crippen molar-refractivity contribution < 1.29 is 9.90 Å². The van der Waals surface area contributed by atoms with Gasteiger partial charge in [-0.25, -0.2) is 0 Å². The van der Waals surface area contributed by atoms with Gasteiger partial charge in [0.15, 0.2) is 0 Å². The third-order valence-corrected chi connectivity index (χ3v) is 5.71. The molecule has 0 amide bonds. The quantitative estimate of drug-likeness (QED) is 0.661. The number of carboxylic acid groups (broad SMARTS) is 1. The fourth-order valence-electron chi connectivity index (χ4n) is 3.57. The maximum Gasteiger partial charge on any atom is 0.124 e. The minimum Gasteiger partial charge on any atom is -0.550 e. The summed E-state index contributed by atoms with van der Waals surface area (Å²) in [7, 11) is 0. The fourth-order valence-corrected chi connectivity index (χ4v) is 4.49. The molecule has 0 aliphatic heterocycles. The van der Waals surface area contributed by atoms with Crippen LogP contribution < -0.4 is 5.11 Å². The van der Waals surface area contributed by atoms with Crippen LogP contribution in [0.5, 0.6) is 0 Å². The summed E-state index contributed by atoms with van der Waals surface area (Å²) in [6.45, 7) is 0. The number of hydrogen-bond donors (Lipinski definition) is 0. The molecule has 3 rings (SSSR count). The lowest BCUT2D eigenvalue weighted by Crippen LogP contribution is -2.25. The van der Waals surface area contributed by atoms with E-state index in [9.17, 15) is 9.90 Å². The molecular formula is C11H13Cl2O2-. The van der Waals surface area contributed by atoms with Crippen molar-refractivity contribution in [3.63, 3.8) is 0 Å². The maximum absolute atomic E-state index is 10.8. The molecule has 0 aromatic rings. The van der Waals surface area contributed by atoms with Gasteiger partial charge < -0.3 is 9.90 Å². The Morgan fingerprint density at radius 2 is 1.53 bits per heavy atom. The first-order valence-corrected chi connectivity index (χ1v) is 6.37. The van der Waals surface area contributed by atoms with Crippen molar-refractivity contribution in [2.45, 2.75) is 30.0 Å². The first-order valence-electron chi connectivity index (χ1n) is 5.62. The lowest BCUT2D eigenvalue weighted by molar-refractivity contribution is -0.308. The van der Waals surface area contributed by atoms with Gasteiger partial charge in [-0.2, -0.15) is 0 Å². The Kier molecular flexibility index (Phi) is 2.07. The predicted octanol–water partition coefficient (Wildman–Crippen LogP) is 1.59. The molecule has 3 aliphatic rings. The largest absolute Gasteiger partial charge is 0.550 e. The molecule has 0 heterocycles. The van der Waals surface area contributed by atoms with Crippen LogP contribution >= 0.6 is 23.2 Å². The number of alkyl halides is 2. The van der Waals surface area contributed by atoms with E-state index < -0.39 is 10.3 Å². The molecule has 4 atom stereocenters. The van der Waals surface area contributed by atoms with Gasteiger partial charge in [0.25, 0.3) is 0 Å². The van der Waals surface area contributed by atoms with Crippen molar-refractivity contribution in [1.82, 2.24) is 0 Å². The molecule has 3 aliphatic carbocycles. The predicted molar refractivity (Wildman–Crippen MR) is 55.4 cm³/mol. The molecule has 0 saturated heterocycles. The highest BCUT2D eigenvalue weighted by atomic mass is 35.5. The zero-order valence-corrected chi connectivity index (χ0v) is 9.80. The Bertz CT molecular complexity index is 294. The molecule has 4 heteroatoms. The van der Waals surface area contributed by atoms with Crippen LogP contribution in [0, 0.1) is 29.6 Å². The average molecular weight is 248 g/mol. The number of carbonyl (C=O) groups excluding carboxylic acids is 1. The van der Waals surface area contributed by atoms with Crippen molar-refractivity contribution in [1.29, 1.82) is 0 Å². The zero-order valence-electron chi connectivity index (χ0n) is 8.29. The van der Waals surface area contributed by atoms with E-state index in [-0.39, 0.29) is 5.92 Å². The first-order chi connectivity index (χ1) is 7.03. The summed E-state index contributed by atoms with van der Waals surface area (Å²) in [5.41, 5.74) is 0. The van der Waals surface area contributed by atoms with Crippen LogP contribution in [0.3, 0.4) is 0 Å². The molecule has 0 spiro atoms. The molecule has 4 unspecified atom stereocenters.